The lowest BCUT2D eigenvalue weighted by molar-refractivity contribution is -0.121. The Morgan fingerprint density at radius 1 is 1.08 bits per heavy atom. The van der Waals surface area contributed by atoms with Gasteiger partial charge in [0.05, 0.1) is 0 Å². The molecule has 25 heavy (non-hydrogen) atoms. The van der Waals surface area contributed by atoms with E-state index in [-0.39, 0.29) is 5.91 Å². The minimum Gasteiger partial charge on any atom is -0.425 e. The summed E-state index contributed by atoms with van der Waals surface area (Å²) in [5.74, 6) is 1.81. The highest BCUT2D eigenvalue weighted by molar-refractivity contribution is 5.75. The molecule has 3 rings (SSSR count). The summed E-state index contributed by atoms with van der Waals surface area (Å²) in [6, 6.07) is 10.3. The number of carbonyl (C=O) groups is 1. The van der Waals surface area contributed by atoms with Gasteiger partial charge < -0.3 is 9.73 Å². The number of benzene rings is 1. The predicted octanol–water partition coefficient (Wildman–Crippen LogP) is 3.80. The zero-order valence-electron chi connectivity index (χ0n) is 14.7. The average Bonchev–Trinajstić information content (AvgIpc) is 3.14. The second-order valence-electron chi connectivity index (χ2n) is 6.81. The molecule has 1 saturated carbocycles. The summed E-state index contributed by atoms with van der Waals surface area (Å²) in [5, 5.41) is 11.2. The van der Waals surface area contributed by atoms with Crippen LogP contribution in [0.4, 0.5) is 0 Å². The number of aryl methyl sites for hydroxylation is 2. The van der Waals surface area contributed by atoms with Crippen molar-refractivity contribution >= 4 is 5.91 Å². The van der Waals surface area contributed by atoms with Gasteiger partial charge in [0, 0.05) is 25.3 Å². The van der Waals surface area contributed by atoms with Crippen molar-refractivity contribution in [1.29, 1.82) is 0 Å². The van der Waals surface area contributed by atoms with Crippen molar-refractivity contribution in [3.05, 3.63) is 47.7 Å². The Kier molecular flexibility index (Phi) is 6.60. The van der Waals surface area contributed by atoms with Gasteiger partial charge in [-0.1, -0.05) is 49.6 Å². The van der Waals surface area contributed by atoms with E-state index in [9.17, 15) is 4.79 Å². The molecule has 1 heterocycles. The maximum atomic E-state index is 11.9. The molecule has 1 amide bonds. The summed E-state index contributed by atoms with van der Waals surface area (Å²) < 4.78 is 5.75. The monoisotopic (exact) mass is 341 g/mol. The summed E-state index contributed by atoms with van der Waals surface area (Å²) in [6.45, 7) is 0.699. The first-order valence-corrected chi connectivity index (χ1v) is 9.44. The average molecular weight is 341 g/mol. The quantitative estimate of drug-likeness (QED) is 0.742. The van der Waals surface area contributed by atoms with E-state index in [0.29, 0.717) is 31.2 Å². The van der Waals surface area contributed by atoms with Crippen LogP contribution < -0.4 is 5.32 Å². The largest absolute Gasteiger partial charge is 0.425 e. The van der Waals surface area contributed by atoms with Gasteiger partial charge in [-0.15, -0.1) is 10.2 Å². The van der Waals surface area contributed by atoms with Crippen LogP contribution in [0.25, 0.3) is 0 Å². The highest BCUT2D eigenvalue weighted by Gasteiger charge is 2.21. The number of hydrogen-bond donors (Lipinski definition) is 1. The molecular formula is C20H27N3O2. The third kappa shape index (κ3) is 5.69. The third-order valence-electron chi connectivity index (χ3n) is 4.81. The van der Waals surface area contributed by atoms with E-state index in [1.54, 1.807) is 0 Å². The molecule has 134 valence electrons. The van der Waals surface area contributed by atoms with Crippen LogP contribution >= 0.6 is 0 Å². The SMILES string of the molecule is O=C(CCc1nnc(C2CCCCC2)o1)NCCCc1ccccc1. The van der Waals surface area contributed by atoms with Gasteiger partial charge in [-0.2, -0.15) is 0 Å². The lowest BCUT2D eigenvalue weighted by Crippen LogP contribution is -2.25. The standard InChI is InChI=1S/C20H27N3O2/c24-18(21-15-7-10-16-8-3-1-4-9-16)13-14-19-22-23-20(25-19)17-11-5-2-6-12-17/h1,3-4,8-9,17H,2,5-7,10-15H2,(H,21,24). The smallest absolute Gasteiger partial charge is 0.220 e. The molecule has 0 bridgehead atoms. The number of nitrogens with zero attached hydrogens (tertiary/aromatic N) is 2. The Morgan fingerprint density at radius 3 is 2.68 bits per heavy atom. The van der Waals surface area contributed by atoms with Crippen molar-refractivity contribution in [2.75, 3.05) is 6.54 Å². The van der Waals surface area contributed by atoms with Crippen molar-refractivity contribution in [3.8, 4) is 0 Å². The molecule has 2 aromatic rings. The summed E-state index contributed by atoms with van der Waals surface area (Å²) in [7, 11) is 0. The summed E-state index contributed by atoms with van der Waals surface area (Å²) >= 11 is 0. The zero-order chi connectivity index (χ0) is 17.3. The van der Waals surface area contributed by atoms with E-state index in [2.05, 4.69) is 27.6 Å². The fraction of sp³-hybridized carbons (Fsp3) is 0.550. The highest BCUT2D eigenvalue weighted by Crippen LogP contribution is 2.31. The minimum atomic E-state index is 0.0467. The first-order chi connectivity index (χ1) is 12.3. The van der Waals surface area contributed by atoms with Crippen LogP contribution in [0.3, 0.4) is 0 Å². The van der Waals surface area contributed by atoms with Crippen molar-refractivity contribution < 1.29 is 9.21 Å². The predicted molar refractivity (Wildman–Crippen MR) is 96.2 cm³/mol. The number of carbonyl (C=O) groups excluding carboxylic acids is 1. The summed E-state index contributed by atoms with van der Waals surface area (Å²) in [5.41, 5.74) is 1.30. The lowest BCUT2D eigenvalue weighted by Gasteiger charge is -2.17. The van der Waals surface area contributed by atoms with Gasteiger partial charge in [-0.05, 0) is 31.2 Å². The molecule has 5 nitrogen and oxygen atoms in total. The van der Waals surface area contributed by atoms with Crippen LogP contribution in [0.2, 0.25) is 0 Å². The van der Waals surface area contributed by atoms with E-state index in [1.807, 2.05) is 18.2 Å². The molecule has 1 aromatic carbocycles. The molecule has 1 aliphatic rings. The van der Waals surface area contributed by atoms with Crippen molar-refractivity contribution in [2.24, 2.45) is 0 Å². The topological polar surface area (TPSA) is 68.0 Å². The van der Waals surface area contributed by atoms with Gasteiger partial charge in [0.1, 0.15) is 0 Å². The highest BCUT2D eigenvalue weighted by atomic mass is 16.4. The molecule has 5 heteroatoms. The number of aromatic nitrogens is 2. The van der Waals surface area contributed by atoms with Crippen molar-refractivity contribution in [3.63, 3.8) is 0 Å². The Balaban J connectivity index is 1.33. The van der Waals surface area contributed by atoms with Crippen LogP contribution in [0, 0.1) is 0 Å². The maximum Gasteiger partial charge on any atom is 0.220 e. The molecule has 0 atom stereocenters. The van der Waals surface area contributed by atoms with Gasteiger partial charge in [0.2, 0.25) is 17.7 Å². The molecule has 1 N–H and O–H groups in total. The van der Waals surface area contributed by atoms with Crippen LogP contribution in [-0.4, -0.2) is 22.6 Å². The second-order valence-corrected chi connectivity index (χ2v) is 6.81. The van der Waals surface area contributed by atoms with Crippen LogP contribution in [-0.2, 0) is 17.6 Å². The van der Waals surface area contributed by atoms with Gasteiger partial charge in [-0.3, -0.25) is 4.79 Å². The first-order valence-electron chi connectivity index (χ1n) is 9.44. The molecule has 0 radical (unpaired) electrons. The molecule has 0 unspecified atom stereocenters. The molecular weight excluding hydrogens is 314 g/mol. The Hall–Kier alpha value is -2.17. The van der Waals surface area contributed by atoms with Crippen molar-refractivity contribution in [1.82, 2.24) is 15.5 Å². The van der Waals surface area contributed by atoms with E-state index >= 15 is 0 Å². The molecule has 0 aliphatic heterocycles. The van der Waals surface area contributed by atoms with Gasteiger partial charge in [-0.25, -0.2) is 0 Å². The first kappa shape index (κ1) is 17.6. The van der Waals surface area contributed by atoms with Crippen molar-refractivity contribution in [2.45, 2.75) is 63.7 Å². The fourth-order valence-electron chi connectivity index (χ4n) is 3.36. The fourth-order valence-corrected chi connectivity index (χ4v) is 3.36. The van der Waals surface area contributed by atoms with Crippen LogP contribution in [0.15, 0.2) is 34.7 Å². The number of rotatable bonds is 8. The number of amides is 1. The van der Waals surface area contributed by atoms with Gasteiger partial charge in [0.25, 0.3) is 0 Å². The summed E-state index contributed by atoms with van der Waals surface area (Å²) in [6.07, 6.45) is 8.93. The number of nitrogens with one attached hydrogen (secondary N) is 1. The number of hydrogen-bond acceptors (Lipinski definition) is 4. The van der Waals surface area contributed by atoms with E-state index in [0.717, 1.165) is 31.6 Å². The summed E-state index contributed by atoms with van der Waals surface area (Å²) in [4.78, 5) is 11.9. The Labute approximate surface area is 149 Å². The van der Waals surface area contributed by atoms with Gasteiger partial charge in [0.15, 0.2) is 0 Å². The molecule has 0 saturated heterocycles. The lowest BCUT2D eigenvalue weighted by atomic mass is 9.89. The third-order valence-corrected chi connectivity index (χ3v) is 4.81. The van der Waals surface area contributed by atoms with E-state index < -0.39 is 0 Å². The molecule has 0 spiro atoms. The minimum absolute atomic E-state index is 0.0467. The second kappa shape index (κ2) is 9.35. The maximum absolute atomic E-state index is 11.9. The molecule has 1 aliphatic carbocycles. The normalized spacial score (nSPS) is 15.2. The molecule has 1 fully saturated rings. The van der Waals surface area contributed by atoms with Crippen LogP contribution in [0.5, 0.6) is 0 Å². The Morgan fingerprint density at radius 2 is 1.88 bits per heavy atom. The van der Waals surface area contributed by atoms with E-state index in [1.165, 1.54) is 24.8 Å². The molecule has 1 aromatic heterocycles. The zero-order valence-corrected chi connectivity index (χ0v) is 14.7. The van der Waals surface area contributed by atoms with Gasteiger partial charge >= 0.3 is 0 Å². The Bertz CT molecular complexity index is 648. The van der Waals surface area contributed by atoms with E-state index in [4.69, 9.17) is 4.42 Å². The van der Waals surface area contributed by atoms with Crippen LogP contribution in [0.1, 0.15) is 68.2 Å².